The molecule has 3 aromatic rings. The third-order valence-corrected chi connectivity index (χ3v) is 6.66. The van der Waals surface area contributed by atoms with Crippen molar-refractivity contribution in [3.8, 4) is 5.88 Å². The second kappa shape index (κ2) is 10.6. The van der Waals surface area contributed by atoms with Gasteiger partial charge in [-0.25, -0.2) is 13.4 Å². The standard InChI is InChI=1S/C25H30N4O5S/c1-28(25(31)17-34-24-12-9-18-5-3-4-6-22(18)26-24)23(16-29-14-13-21(30)15-29)19-7-10-20(11-8-19)27-35(2,32)33/h3-12,21,23,27,30H,13-17H2,1-2H3/t21-,23+/m0/s1. The van der Waals surface area contributed by atoms with Crippen molar-refractivity contribution in [2.75, 3.05) is 44.3 Å². The van der Waals surface area contributed by atoms with Crippen molar-refractivity contribution < 1.29 is 23.1 Å². The Morgan fingerprint density at radius 3 is 2.63 bits per heavy atom. The summed E-state index contributed by atoms with van der Waals surface area (Å²) in [6.07, 6.45) is 1.41. The number of amides is 1. The van der Waals surface area contributed by atoms with Crippen LogP contribution in [0, 0.1) is 0 Å². The molecule has 10 heteroatoms. The highest BCUT2D eigenvalue weighted by Crippen LogP contribution is 2.25. The van der Waals surface area contributed by atoms with Gasteiger partial charge in [0.2, 0.25) is 15.9 Å². The van der Waals surface area contributed by atoms with E-state index in [1.165, 1.54) is 0 Å². The number of nitrogens with zero attached hydrogens (tertiary/aromatic N) is 3. The highest BCUT2D eigenvalue weighted by molar-refractivity contribution is 7.92. The largest absolute Gasteiger partial charge is 0.468 e. The molecule has 2 N–H and O–H groups in total. The van der Waals surface area contributed by atoms with Crippen molar-refractivity contribution in [1.29, 1.82) is 0 Å². The average Bonchev–Trinajstić information content (AvgIpc) is 3.24. The molecule has 0 radical (unpaired) electrons. The fourth-order valence-corrected chi connectivity index (χ4v) is 4.76. The molecule has 2 heterocycles. The lowest BCUT2D eigenvalue weighted by Gasteiger charge is -2.32. The summed E-state index contributed by atoms with van der Waals surface area (Å²) in [6.45, 7) is 1.65. The van der Waals surface area contributed by atoms with Crippen molar-refractivity contribution >= 4 is 32.5 Å². The van der Waals surface area contributed by atoms with Crippen LogP contribution in [0.15, 0.2) is 60.7 Å². The summed E-state index contributed by atoms with van der Waals surface area (Å²) in [7, 11) is -1.66. The summed E-state index contributed by atoms with van der Waals surface area (Å²) in [4.78, 5) is 21.3. The summed E-state index contributed by atoms with van der Waals surface area (Å²) < 4.78 is 31.2. The van der Waals surface area contributed by atoms with Gasteiger partial charge >= 0.3 is 0 Å². The number of likely N-dealkylation sites (N-methyl/N-ethyl adjacent to an activating group) is 1. The molecule has 186 valence electrons. The number of para-hydroxylation sites is 1. The number of fused-ring (bicyclic) bond motifs is 1. The molecule has 1 aliphatic heterocycles. The second-order valence-corrected chi connectivity index (χ2v) is 10.6. The lowest BCUT2D eigenvalue weighted by Crippen LogP contribution is -2.41. The maximum Gasteiger partial charge on any atom is 0.260 e. The number of carbonyl (C=O) groups is 1. The Balaban J connectivity index is 1.48. The molecule has 0 unspecified atom stereocenters. The van der Waals surface area contributed by atoms with Crippen LogP contribution < -0.4 is 9.46 Å². The van der Waals surface area contributed by atoms with E-state index in [9.17, 15) is 18.3 Å². The number of hydrogen-bond acceptors (Lipinski definition) is 7. The Labute approximate surface area is 205 Å². The molecule has 1 aliphatic rings. The molecule has 4 rings (SSSR count). The van der Waals surface area contributed by atoms with E-state index in [-0.39, 0.29) is 24.7 Å². The van der Waals surface area contributed by atoms with Crippen LogP contribution in [-0.4, -0.2) is 79.9 Å². The summed E-state index contributed by atoms with van der Waals surface area (Å²) in [5, 5.41) is 10.9. The van der Waals surface area contributed by atoms with E-state index >= 15 is 0 Å². The van der Waals surface area contributed by atoms with Crippen LogP contribution in [0.25, 0.3) is 10.9 Å². The highest BCUT2D eigenvalue weighted by atomic mass is 32.2. The maximum atomic E-state index is 13.1. The van der Waals surface area contributed by atoms with Gasteiger partial charge in [-0.2, -0.15) is 0 Å². The molecular formula is C25H30N4O5S. The molecule has 0 spiro atoms. The molecule has 2 aromatic carbocycles. The Morgan fingerprint density at radius 1 is 1.20 bits per heavy atom. The van der Waals surface area contributed by atoms with E-state index in [1.54, 1.807) is 42.3 Å². The first kappa shape index (κ1) is 24.9. The smallest absolute Gasteiger partial charge is 0.260 e. The minimum absolute atomic E-state index is 0.172. The topological polar surface area (TPSA) is 112 Å². The fraction of sp³-hybridized carbons (Fsp3) is 0.360. The number of nitrogens with one attached hydrogen (secondary N) is 1. The van der Waals surface area contributed by atoms with Gasteiger partial charge in [-0.05, 0) is 36.2 Å². The highest BCUT2D eigenvalue weighted by Gasteiger charge is 2.28. The van der Waals surface area contributed by atoms with Crippen molar-refractivity contribution in [3.05, 3.63) is 66.2 Å². The molecule has 0 aliphatic carbocycles. The van der Waals surface area contributed by atoms with E-state index in [2.05, 4.69) is 14.6 Å². The molecule has 1 fully saturated rings. The van der Waals surface area contributed by atoms with E-state index < -0.39 is 10.0 Å². The summed E-state index contributed by atoms with van der Waals surface area (Å²) in [6, 6.07) is 18.0. The lowest BCUT2D eigenvalue weighted by atomic mass is 10.0. The summed E-state index contributed by atoms with van der Waals surface area (Å²) in [5.41, 5.74) is 2.09. The van der Waals surface area contributed by atoms with Crippen LogP contribution in [0.1, 0.15) is 18.0 Å². The van der Waals surface area contributed by atoms with Gasteiger partial charge in [0.1, 0.15) is 0 Å². The van der Waals surface area contributed by atoms with Crippen molar-refractivity contribution in [3.63, 3.8) is 0 Å². The molecule has 35 heavy (non-hydrogen) atoms. The van der Waals surface area contributed by atoms with E-state index in [0.29, 0.717) is 31.1 Å². The minimum atomic E-state index is -3.39. The number of aliphatic hydroxyl groups is 1. The molecule has 1 saturated heterocycles. The van der Waals surface area contributed by atoms with E-state index in [0.717, 1.165) is 29.3 Å². The van der Waals surface area contributed by atoms with Gasteiger partial charge in [0.15, 0.2) is 6.61 Å². The normalized spacial score (nSPS) is 17.3. The molecule has 1 aromatic heterocycles. The number of anilines is 1. The van der Waals surface area contributed by atoms with Gasteiger partial charge < -0.3 is 14.7 Å². The van der Waals surface area contributed by atoms with Gasteiger partial charge in [-0.15, -0.1) is 0 Å². The quantitative estimate of drug-likeness (QED) is 0.465. The van der Waals surface area contributed by atoms with Crippen LogP contribution in [0.3, 0.4) is 0 Å². The number of rotatable bonds is 9. The SMILES string of the molecule is CN(C(=O)COc1ccc2ccccc2n1)[C@H](CN1CC[C@H](O)C1)c1ccc(NS(C)(=O)=O)cc1. The maximum absolute atomic E-state index is 13.1. The van der Waals surface area contributed by atoms with Crippen molar-refractivity contribution in [1.82, 2.24) is 14.8 Å². The Morgan fingerprint density at radius 2 is 1.94 bits per heavy atom. The van der Waals surface area contributed by atoms with Crippen LogP contribution >= 0.6 is 0 Å². The molecule has 9 nitrogen and oxygen atoms in total. The van der Waals surface area contributed by atoms with Crippen LogP contribution in [0.2, 0.25) is 0 Å². The second-order valence-electron chi connectivity index (χ2n) is 8.85. The first-order chi connectivity index (χ1) is 16.7. The number of aliphatic hydroxyl groups excluding tert-OH is 1. The van der Waals surface area contributed by atoms with Gasteiger partial charge in [0.25, 0.3) is 5.91 Å². The third kappa shape index (κ3) is 6.68. The first-order valence-electron chi connectivity index (χ1n) is 11.4. The zero-order chi connectivity index (χ0) is 25.0. The molecule has 1 amide bonds. The van der Waals surface area contributed by atoms with E-state index in [1.807, 2.05) is 30.3 Å². The number of aromatic nitrogens is 1. The first-order valence-corrected chi connectivity index (χ1v) is 13.3. The third-order valence-electron chi connectivity index (χ3n) is 6.05. The average molecular weight is 499 g/mol. The van der Waals surface area contributed by atoms with Gasteiger partial charge in [0.05, 0.1) is 23.9 Å². The van der Waals surface area contributed by atoms with Crippen molar-refractivity contribution in [2.45, 2.75) is 18.6 Å². The monoisotopic (exact) mass is 498 g/mol. The molecular weight excluding hydrogens is 468 g/mol. The van der Waals surface area contributed by atoms with Gasteiger partial charge in [0, 0.05) is 43.8 Å². The van der Waals surface area contributed by atoms with Gasteiger partial charge in [-0.3, -0.25) is 14.4 Å². The van der Waals surface area contributed by atoms with E-state index in [4.69, 9.17) is 4.74 Å². The zero-order valence-corrected chi connectivity index (χ0v) is 20.6. The van der Waals surface area contributed by atoms with Crippen LogP contribution in [0.5, 0.6) is 5.88 Å². The zero-order valence-electron chi connectivity index (χ0n) is 19.8. The number of benzene rings is 2. The Kier molecular flexibility index (Phi) is 7.54. The molecule has 2 atom stereocenters. The summed E-state index contributed by atoms with van der Waals surface area (Å²) in [5.74, 6) is 0.156. The number of ether oxygens (including phenoxy) is 1. The van der Waals surface area contributed by atoms with Gasteiger partial charge in [-0.1, -0.05) is 30.3 Å². The predicted octanol–water partition coefficient (Wildman–Crippen LogP) is 2.25. The predicted molar refractivity (Wildman–Crippen MR) is 135 cm³/mol. The number of β-amino-alcohol motifs (C(OH)–C–C–N with tert-alkyl or cyclic N) is 1. The van der Waals surface area contributed by atoms with Crippen molar-refractivity contribution in [2.24, 2.45) is 0 Å². The Bertz CT molecular complexity index is 1280. The number of hydrogen-bond donors (Lipinski definition) is 2. The number of sulfonamides is 1. The lowest BCUT2D eigenvalue weighted by molar-refractivity contribution is -0.134. The minimum Gasteiger partial charge on any atom is -0.468 e. The Hall–Kier alpha value is -3.21. The number of pyridine rings is 1. The van der Waals surface area contributed by atoms with Crippen LogP contribution in [-0.2, 0) is 14.8 Å². The molecule has 0 saturated carbocycles. The fourth-order valence-electron chi connectivity index (χ4n) is 4.20. The molecule has 0 bridgehead atoms. The summed E-state index contributed by atoms with van der Waals surface area (Å²) >= 11 is 0. The number of likely N-dealkylation sites (tertiary alicyclic amines) is 1. The van der Waals surface area contributed by atoms with Crippen LogP contribution in [0.4, 0.5) is 5.69 Å². The number of carbonyl (C=O) groups excluding carboxylic acids is 1.